The van der Waals surface area contributed by atoms with Gasteiger partial charge in [-0.3, -0.25) is 0 Å². The van der Waals surface area contributed by atoms with Gasteiger partial charge in [0, 0.05) is 5.56 Å². The molecule has 0 radical (unpaired) electrons. The van der Waals surface area contributed by atoms with E-state index in [1.54, 1.807) is 12.1 Å². The van der Waals surface area contributed by atoms with Crippen LogP contribution in [0.25, 0.3) is 0 Å². The van der Waals surface area contributed by atoms with Gasteiger partial charge in [0.25, 0.3) is 0 Å². The highest BCUT2D eigenvalue weighted by Crippen LogP contribution is 2.30. The van der Waals surface area contributed by atoms with Gasteiger partial charge in [0.1, 0.15) is 5.75 Å². The second-order valence-corrected chi connectivity index (χ2v) is 4.09. The van der Waals surface area contributed by atoms with Gasteiger partial charge in [-0.15, -0.1) is 13.2 Å². The zero-order valence-electron chi connectivity index (χ0n) is 9.45. The number of rotatable bonds is 3. The van der Waals surface area contributed by atoms with Crippen molar-refractivity contribution in [1.29, 1.82) is 0 Å². The average molecular weight is 292 g/mol. The molecule has 2 rings (SSSR count). The Labute approximate surface area is 111 Å². The van der Waals surface area contributed by atoms with Crippen molar-refractivity contribution in [2.75, 3.05) is 0 Å². The van der Waals surface area contributed by atoms with Gasteiger partial charge >= 0.3 is 6.36 Å². The first-order valence-electron chi connectivity index (χ1n) is 5.21. The van der Waals surface area contributed by atoms with Crippen LogP contribution in [0, 0.1) is 0 Å². The summed E-state index contributed by atoms with van der Waals surface area (Å²) in [6.45, 7) is 0. The molecule has 0 bridgehead atoms. The van der Waals surface area contributed by atoms with E-state index in [-0.39, 0.29) is 11.0 Å². The van der Waals surface area contributed by atoms with Gasteiger partial charge in [0.15, 0.2) is 5.22 Å². The number of nitrogens with two attached hydrogens (primary N) is 1. The van der Waals surface area contributed by atoms with E-state index in [0.29, 0.717) is 11.1 Å². The van der Waals surface area contributed by atoms with E-state index in [0.717, 1.165) is 0 Å². The molecule has 1 heterocycles. The summed E-state index contributed by atoms with van der Waals surface area (Å²) in [6, 6.07) is 6.27. The maximum Gasteiger partial charge on any atom is 0.573 e. The van der Waals surface area contributed by atoms with Crippen molar-refractivity contribution in [1.82, 2.24) is 0 Å². The Balaban J connectivity index is 2.26. The van der Waals surface area contributed by atoms with Crippen LogP contribution in [0.15, 0.2) is 41.0 Å². The zero-order valence-corrected chi connectivity index (χ0v) is 10.2. The third-order valence-corrected chi connectivity index (χ3v) is 2.74. The minimum absolute atomic E-state index is 0.106. The first kappa shape index (κ1) is 13.8. The first-order valence-corrected chi connectivity index (χ1v) is 5.59. The van der Waals surface area contributed by atoms with Crippen LogP contribution in [-0.4, -0.2) is 6.36 Å². The summed E-state index contributed by atoms with van der Waals surface area (Å²) < 4.78 is 45.1. The van der Waals surface area contributed by atoms with Crippen molar-refractivity contribution in [3.63, 3.8) is 0 Å². The number of furan rings is 1. The molecule has 0 saturated carbocycles. The molecule has 2 aromatic rings. The largest absolute Gasteiger partial charge is 0.573 e. The van der Waals surface area contributed by atoms with Crippen molar-refractivity contribution >= 4 is 11.6 Å². The maximum absolute atomic E-state index is 12.1. The lowest BCUT2D eigenvalue weighted by atomic mass is 10.0. The summed E-state index contributed by atoms with van der Waals surface area (Å²) in [7, 11) is 0. The molecule has 1 aromatic heterocycles. The van der Waals surface area contributed by atoms with Crippen molar-refractivity contribution in [2.45, 2.75) is 12.4 Å². The van der Waals surface area contributed by atoms with Gasteiger partial charge in [0.2, 0.25) is 0 Å². The molecule has 1 aromatic carbocycles. The van der Waals surface area contributed by atoms with E-state index in [1.807, 2.05) is 0 Å². The Morgan fingerprint density at radius 3 is 2.58 bits per heavy atom. The Kier molecular flexibility index (Phi) is 3.73. The highest BCUT2D eigenvalue weighted by atomic mass is 35.5. The van der Waals surface area contributed by atoms with E-state index < -0.39 is 12.4 Å². The number of ether oxygens (including phenoxy) is 1. The van der Waals surface area contributed by atoms with Crippen LogP contribution in [0.5, 0.6) is 5.75 Å². The topological polar surface area (TPSA) is 48.4 Å². The molecule has 0 amide bonds. The fourth-order valence-electron chi connectivity index (χ4n) is 1.61. The summed E-state index contributed by atoms with van der Waals surface area (Å²) in [5, 5.41) is 0.106. The van der Waals surface area contributed by atoms with Crippen LogP contribution in [-0.2, 0) is 0 Å². The smallest absolute Gasteiger partial charge is 0.453 e. The molecule has 1 atom stereocenters. The molecule has 0 aliphatic rings. The highest BCUT2D eigenvalue weighted by Gasteiger charge is 2.31. The molecule has 2 N–H and O–H groups in total. The minimum Gasteiger partial charge on any atom is -0.453 e. The molecule has 0 saturated heterocycles. The summed E-state index contributed by atoms with van der Waals surface area (Å²) in [4.78, 5) is 0. The fraction of sp³-hybridized carbons (Fsp3) is 0.167. The van der Waals surface area contributed by atoms with Crippen LogP contribution >= 0.6 is 11.6 Å². The molecule has 0 aliphatic heterocycles. The molecular formula is C12H9ClF3NO2. The Morgan fingerprint density at radius 2 is 2.00 bits per heavy atom. The monoisotopic (exact) mass is 291 g/mol. The molecule has 0 fully saturated rings. The van der Waals surface area contributed by atoms with Crippen molar-refractivity contribution in [2.24, 2.45) is 5.73 Å². The predicted octanol–water partition coefficient (Wildman–Crippen LogP) is 3.88. The van der Waals surface area contributed by atoms with E-state index >= 15 is 0 Å². The lowest BCUT2D eigenvalue weighted by Crippen LogP contribution is -2.18. The number of alkyl halides is 3. The summed E-state index contributed by atoms with van der Waals surface area (Å²) >= 11 is 5.77. The van der Waals surface area contributed by atoms with Crippen LogP contribution in [0.2, 0.25) is 5.22 Å². The Morgan fingerprint density at radius 1 is 1.26 bits per heavy atom. The lowest BCUT2D eigenvalue weighted by Gasteiger charge is -2.13. The maximum atomic E-state index is 12.1. The number of hydrogen-bond donors (Lipinski definition) is 1. The van der Waals surface area contributed by atoms with Gasteiger partial charge in [-0.2, -0.15) is 0 Å². The average Bonchev–Trinajstić information content (AvgIpc) is 2.72. The van der Waals surface area contributed by atoms with E-state index in [1.165, 1.54) is 24.5 Å². The second kappa shape index (κ2) is 5.14. The molecule has 102 valence electrons. The summed E-state index contributed by atoms with van der Waals surface area (Å²) in [5.41, 5.74) is 6.84. The molecule has 1 unspecified atom stereocenters. The van der Waals surface area contributed by atoms with Crippen molar-refractivity contribution in [3.05, 3.63) is 52.9 Å². The van der Waals surface area contributed by atoms with Gasteiger partial charge < -0.3 is 14.9 Å². The Bertz CT molecular complexity index is 568. The van der Waals surface area contributed by atoms with Crippen molar-refractivity contribution in [3.8, 4) is 5.75 Å². The normalized spacial score (nSPS) is 13.3. The van der Waals surface area contributed by atoms with E-state index in [2.05, 4.69) is 4.74 Å². The molecule has 0 spiro atoms. The number of halogens is 4. The van der Waals surface area contributed by atoms with E-state index in [4.69, 9.17) is 21.8 Å². The number of benzene rings is 1. The van der Waals surface area contributed by atoms with Crippen molar-refractivity contribution < 1.29 is 22.3 Å². The highest BCUT2D eigenvalue weighted by molar-refractivity contribution is 6.29. The fourth-order valence-corrected chi connectivity index (χ4v) is 1.84. The lowest BCUT2D eigenvalue weighted by molar-refractivity contribution is -0.274. The Hall–Kier alpha value is -1.66. The number of hydrogen-bond acceptors (Lipinski definition) is 3. The van der Waals surface area contributed by atoms with Gasteiger partial charge in [-0.05, 0) is 35.4 Å². The van der Waals surface area contributed by atoms with Gasteiger partial charge in [-0.25, -0.2) is 0 Å². The predicted molar refractivity (Wildman–Crippen MR) is 62.9 cm³/mol. The van der Waals surface area contributed by atoms with E-state index in [9.17, 15) is 13.2 Å². The van der Waals surface area contributed by atoms with Crippen LogP contribution in [0.3, 0.4) is 0 Å². The molecule has 3 nitrogen and oxygen atoms in total. The first-order chi connectivity index (χ1) is 8.87. The van der Waals surface area contributed by atoms with Gasteiger partial charge in [0.05, 0.1) is 12.3 Å². The minimum atomic E-state index is -4.74. The third-order valence-electron chi connectivity index (χ3n) is 2.43. The second-order valence-electron chi connectivity index (χ2n) is 3.75. The van der Waals surface area contributed by atoms with Crippen LogP contribution in [0.1, 0.15) is 17.2 Å². The SMILES string of the molecule is NC(c1cccc(OC(F)(F)F)c1)c1ccoc1Cl. The zero-order chi connectivity index (χ0) is 14.0. The van der Waals surface area contributed by atoms with Crippen LogP contribution < -0.4 is 10.5 Å². The molecular weight excluding hydrogens is 283 g/mol. The third kappa shape index (κ3) is 3.42. The molecule has 0 aliphatic carbocycles. The van der Waals surface area contributed by atoms with Gasteiger partial charge in [-0.1, -0.05) is 12.1 Å². The standard InChI is InChI=1S/C12H9ClF3NO2/c13-11-9(4-5-18-11)10(17)7-2-1-3-8(6-7)19-12(14,15)16/h1-6,10H,17H2. The summed E-state index contributed by atoms with van der Waals surface area (Å²) in [6.07, 6.45) is -3.39. The quantitative estimate of drug-likeness (QED) is 0.933. The summed E-state index contributed by atoms with van der Waals surface area (Å²) in [5.74, 6) is -0.333. The van der Waals surface area contributed by atoms with Crippen LogP contribution in [0.4, 0.5) is 13.2 Å². The molecule has 19 heavy (non-hydrogen) atoms. The molecule has 7 heteroatoms.